The van der Waals surface area contributed by atoms with E-state index >= 15 is 0 Å². The summed E-state index contributed by atoms with van der Waals surface area (Å²) < 4.78 is 19.8. The van der Waals surface area contributed by atoms with Crippen LogP contribution in [0.25, 0.3) is 265 Å². The maximum atomic E-state index is 6.31. The molecule has 642 valence electrons. The van der Waals surface area contributed by atoms with Crippen LogP contribution in [0, 0.1) is 0 Å². The van der Waals surface area contributed by atoms with Crippen LogP contribution in [0.15, 0.2) is 423 Å². The molecule has 1 aliphatic carbocycles. The molecule has 14 heteroatoms. The van der Waals surface area contributed by atoms with Crippen LogP contribution in [0.2, 0.25) is 0 Å². The first-order valence-corrected chi connectivity index (χ1v) is 49.4. The Labute approximate surface area is 800 Å². The van der Waals surface area contributed by atoms with Crippen LogP contribution in [-0.4, -0.2) is 43.6 Å². The minimum Gasteiger partial charge on any atom is -0.456 e. The average Bonchev–Trinajstić information content (AvgIpc) is 1.55. The third-order valence-corrected chi connectivity index (χ3v) is 32.1. The second kappa shape index (κ2) is 31.2. The van der Waals surface area contributed by atoms with Gasteiger partial charge in [-0.3, -0.25) is 0 Å². The van der Waals surface area contributed by atoms with Gasteiger partial charge in [0.05, 0.1) is 61.6 Å². The quantitative estimate of drug-likeness (QED) is 0.142. The summed E-state index contributed by atoms with van der Waals surface area (Å²) in [6.45, 7) is 4.70. The van der Waals surface area contributed by atoms with E-state index in [-0.39, 0.29) is 5.41 Å². The number of fused-ring (bicyclic) bond motifs is 30. The predicted octanol–water partition coefficient (Wildman–Crippen LogP) is 34.4. The number of aromatic nitrogens is 9. The molecule has 137 heavy (non-hydrogen) atoms. The van der Waals surface area contributed by atoms with Gasteiger partial charge in [-0.15, -0.1) is 45.3 Å². The summed E-state index contributed by atoms with van der Waals surface area (Å²) in [7, 11) is 0. The van der Waals surface area contributed by atoms with Crippen LogP contribution in [0.1, 0.15) is 25.0 Å². The SMILES string of the molecule is CC1(C)c2ccccc2-c2c1ccc1c2c2ccccc2n1-c1cccc(-c2nc(-c3ccccc3)c3c(n2)sc2ccccc23)c1.c1ccc(-c2nc(-c3ccccc3-n3c4ccccc4c4c5c(ccc43)oc3ccccc35)nc3sc4ccccc4c23)cc1.c1ccc(-c2nc(-c3ccccc3-n3c4ccccc4c4c5c(ccc43)sc3ccccc35)nc3sc4ccccc4c23)cc1. The van der Waals surface area contributed by atoms with Gasteiger partial charge in [0.1, 0.15) is 25.7 Å². The van der Waals surface area contributed by atoms with Crippen LogP contribution in [0.5, 0.6) is 0 Å². The second-order valence-electron chi connectivity index (χ2n) is 35.7. The predicted molar refractivity (Wildman–Crippen MR) is 578 cm³/mol. The summed E-state index contributed by atoms with van der Waals surface area (Å²) in [4.78, 5) is 34.7. The maximum absolute atomic E-state index is 6.31. The molecule has 0 radical (unpaired) electrons. The fourth-order valence-electron chi connectivity index (χ4n) is 21.8. The molecule has 1 aliphatic rings. The zero-order valence-electron chi connectivity index (χ0n) is 73.9. The Morgan fingerprint density at radius 2 is 0.606 bits per heavy atom. The van der Waals surface area contributed by atoms with Crippen LogP contribution in [0.3, 0.4) is 0 Å². The van der Waals surface area contributed by atoms with Crippen molar-refractivity contribution in [1.29, 1.82) is 0 Å². The monoisotopic (exact) mass is 1820 g/mol. The number of hydrogen-bond acceptors (Lipinski definition) is 11. The first-order chi connectivity index (χ1) is 67.7. The first kappa shape index (κ1) is 78.9. The molecule has 0 amide bonds. The number of furan rings is 1. The van der Waals surface area contributed by atoms with Gasteiger partial charge in [0.2, 0.25) is 0 Å². The summed E-state index contributed by atoms with van der Waals surface area (Å²) in [6, 6.07) is 149. The Morgan fingerprint density at radius 3 is 1.14 bits per heavy atom. The molecule has 10 nitrogen and oxygen atoms in total. The highest BCUT2D eigenvalue weighted by Gasteiger charge is 2.38. The molecule has 0 saturated carbocycles. The van der Waals surface area contributed by atoms with Gasteiger partial charge in [0.25, 0.3) is 0 Å². The van der Waals surface area contributed by atoms with E-state index in [1.807, 2.05) is 29.5 Å². The van der Waals surface area contributed by atoms with Crippen molar-refractivity contribution in [2.75, 3.05) is 0 Å². The van der Waals surface area contributed by atoms with Gasteiger partial charge >= 0.3 is 0 Å². The Kier molecular flexibility index (Phi) is 18.0. The number of para-hydroxylation sites is 6. The molecule has 0 aliphatic heterocycles. The third kappa shape index (κ3) is 12.3. The molecule has 29 aromatic rings. The van der Waals surface area contributed by atoms with Crippen LogP contribution in [-0.2, 0) is 5.41 Å². The highest BCUT2D eigenvalue weighted by Crippen LogP contribution is 2.55. The first-order valence-electron chi connectivity index (χ1n) is 46.1. The molecule has 0 fully saturated rings. The third-order valence-electron chi connectivity index (χ3n) is 27.7. The summed E-state index contributed by atoms with van der Waals surface area (Å²) in [5, 5.41) is 19.3. The molecule has 11 aromatic heterocycles. The van der Waals surface area contributed by atoms with E-state index < -0.39 is 0 Å². The maximum Gasteiger partial charge on any atom is 0.163 e. The molecular formula is C123H75N9OS4. The highest BCUT2D eigenvalue weighted by atomic mass is 32.1. The molecule has 0 saturated heterocycles. The van der Waals surface area contributed by atoms with E-state index in [2.05, 4.69) is 428 Å². The normalized spacial score (nSPS) is 12.5. The van der Waals surface area contributed by atoms with Gasteiger partial charge in [0.15, 0.2) is 17.5 Å². The summed E-state index contributed by atoms with van der Waals surface area (Å²) in [5.41, 5.74) is 26.6. The lowest BCUT2D eigenvalue weighted by Gasteiger charge is -2.21. The van der Waals surface area contributed by atoms with Crippen molar-refractivity contribution in [2.24, 2.45) is 0 Å². The Morgan fingerprint density at radius 1 is 0.226 bits per heavy atom. The molecular weight excluding hydrogens is 1750 g/mol. The lowest BCUT2D eigenvalue weighted by molar-refractivity contribution is 0.661. The second-order valence-corrected chi connectivity index (χ2v) is 39.9. The van der Waals surface area contributed by atoms with E-state index in [1.54, 1.807) is 34.0 Å². The zero-order valence-corrected chi connectivity index (χ0v) is 77.2. The molecule has 18 aromatic carbocycles. The van der Waals surface area contributed by atoms with E-state index in [1.165, 1.54) is 127 Å². The van der Waals surface area contributed by atoms with Gasteiger partial charge in [-0.05, 0) is 138 Å². The van der Waals surface area contributed by atoms with Crippen LogP contribution < -0.4 is 0 Å². The standard InChI is InChI=1S/C43H29N3S.C40H23N3OS.C40H23N3S2/c1-43(2)32-20-9-6-17-29(32)37-33(43)23-24-35-38(37)30-18-7-10-21-34(30)46(35)28-16-12-15-27(25-28)41-44-40(26-13-4-3-5-14-26)39-31-19-8-11-22-36(31)47-42(39)45-41;1-2-12-24(13-3-1)38-37-28-17-7-11-21-34(28)45-40(37)42-39(41-38)26-15-5-9-19-30(26)43-29-18-8-4-14-25(29)35-31(43)22-23-33-36(35)27-16-6-10-20-32(27)44-33;1-2-12-24(13-3-1)38-37-28-17-7-11-21-33(28)45-40(37)42-39(41-38)26-15-5-9-19-30(26)43-29-18-8-4-14-25(29)35-31(43)22-23-34-36(35)27-16-6-10-20-32(27)44-34/h3-25H,1-2H3;2*1-23H. The lowest BCUT2D eigenvalue weighted by atomic mass is 9.82. The molecule has 0 atom stereocenters. The largest absolute Gasteiger partial charge is 0.456 e. The summed E-state index contributed by atoms with van der Waals surface area (Å²) in [6.07, 6.45) is 0. The van der Waals surface area contributed by atoms with Gasteiger partial charge in [-0.25, -0.2) is 29.9 Å². The van der Waals surface area contributed by atoms with Gasteiger partial charge in [0, 0.05) is 154 Å². The van der Waals surface area contributed by atoms with Crippen molar-refractivity contribution in [2.45, 2.75) is 19.3 Å². The Balaban J connectivity index is 0.000000102. The number of thiophene rings is 4. The molecule has 11 heterocycles. The van der Waals surface area contributed by atoms with Gasteiger partial charge in [-0.1, -0.05) is 317 Å². The molecule has 0 spiro atoms. The minimum absolute atomic E-state index is 0.0533. The van der Waals surface area contributed by atoms with Crippen molar-refractivity contribution in [1.82, 2.24) is 43.6 Å². The molecule has 30 rings (SSSR count). The van der Waals surface area contributed by atoms with E-state index in [0.717, 1.165) is 143 Å². The summed E-state index contributed by atoms with van der Waals surface area (Å²) >= 11 is 7.06. The Hall–Kier alpha value is -16.7. The highest BCUT2D eigenvalue weighted by molar-refractivity contribution is 7.27. The fourth-order valence-corrected chi connectivity index (χ4v) is 26.1. The zero-order chi connectivity index (χ0) is 90.2. The number of benzene rings is 18. The van der Waals surface area contributed by atoms with Crippen LogP contribution >= 0.6 is 45.3 Å². The van der Waals surface area contributed by atoms with E-state index in [0.29, 0.717) is 5.82 Å². The molecule has 0 bridgehead atoms. The molecule has 0 N–H and O–H groups in total. The van der Waals surface area contributed by atoms with Crippen LogP contribution in [0.4, 0.5) is 0 Å². The van der Waals surface area contributed by atoms with Crippen molar-refractivity contribution in [3.8, 4) is 96.1 Å². The number of hydrogen-bond donors (Lipinski definition) is 0. The smallest absolute Gasteiger partial charge is 0.163 e. The van der Waals surface area contributed by atoms with Crippen molar-refractivity contribution in [3.63, 3.8) is 0 Å². The Bertz CT molecular complexity index is 9690. The summed E-state index contributed by atoms with van der Waals surface area (Å²) in [5.74, 6) is 2.18. The lowest BCUT2D eigenvalue weighted by Crippen LogP contribution is -2.14. The van der Waals surface area contributed by atoms with E-state index in [4.69, 9.17) is 34.3 Å². The minimum atomic E-state index is -0.0533. The molecule has 0 unspecified atom stereocenters. The number of nitrogens with zero attached hydrogens (tertiary/aromatic N) is 9. The van der Waals surface area contributed by atoms with Gasteiger partial charge in [-0.2, -0.15) is 0 Å². The van der Waals surface area contributed by atoms with E-state index in [9.17, 15) is 0 Å². The van der Waals surface area contributed by atoms with Gasteiger partial charge < -0.3 is 18.1 Å². The average molecular weight is 1820 g/mol. The van der Waals surface area contributed by atoms with Crippen molar-refractivity contribution >= 4 is 214 Å². The van der Waals surface area contributed by atoms with Crippen molar-refractivity contribution < 1.29 is 4.42 Å². The van der Waals surface area contributed by atoms with Crippen molar-refractivity contribution in [3.05, 3.63) is 430 Å². The fraction of sp³-hybridized carbons (Fsp3) is 0.0244. The number of rotatable bonds is 9. The topological polar surface area (TPSA) is 105 Å².